The molecule has 0 bridgehead atoms. The predicted octanol–water partition coefficient (Wildman–Crippen LogP) is 1.36. The standard InChI is InChI=1S/C10H17N3O/c1-10(2,3)9(14)6-5-8-7-11-12-13(8)4/h7H,5-6H2,1-4H3. The molecule has 0 fully saturated rings. The minimum absolute atomic E-state index is 0.244. The Hall–Kier alpha value is -1.19. The second kappa shape index (κ2) is 3.90. The normalized spacial score (nSPS) is 11.7. The highest BCUT2D eigenvalue weighted by atomic mass is 16.1. The van der Waals surface area contributed by atoms with Crippen molar-refractivity contribution in [1.29, 1.82) is 0 Å². The molecule has 1 rings (SSSR count). The molecule has 0 atom stereocenters. The van der Waals surface area contributed by atoms with E-state index in [1.807, 2.05) is 27.8 Å². The van der Waals surface area contributed by atoms with Crippen molar-refractivity contribution in [3.05, 3.63) is 11.9 Å². The van der Waals surface area contributed by atoms with Crippen molar-refractivity contribution >= 4 is 5.78 Å². The first-order valence-electron chi connectivity index (χ1n) is 4.78. The van der Waals surface area contributed by atoms with Gasteiger partial charge in [-0.2, -0.15) is 0 Å². The van der Waals surface area contributed by atoms with Gasteiger partial charge in [0, 0.05) is 18.9 Å². The van der Waals surface area contributed by atoms with Gasteiger partial charge < -0.3 is 0 Å². The summed E-state index contributed by atoms with van der Waals surface area (Å²) in [5, 5.41) is 7.58. The van der Waals surface area contributed by atoms with E-state index in [0.717, 1.165) is 12.1 Å². The van der Waals surface area contributed by atoms with E-state index in [1.165, 1.54) is 0 Å². The molecule has 0 aromatic carbocycles. The number of Topliss-reactive ketones (excluding diaryl/α,β-unsaturated/α-hetero) is 1. The van der Waals surface area contributed by atoms with Gasteiger partial charge in [-0.3, -0.25) is 9.48 Å². The molecule has 14 heavy (non-hydrogen) atoms. The first-order chi connectivity index (χ1) is 6.41. The molecule has 0 N–H and O–H groups in total. The Morgan fingerprint density at radius 3 is 2.57 bits per heavy atom. The molecule has 0 spiro atoms. The van der Waals surface area contributed by atoms with E-state index in [4.69, 9.17) is 0 Å². The molecule has 4 nitrogen and oxygen atoms in total. The van der Waals surface area contributed by atoms with Gasteiger partial charge in [-0.25, -0.2) is 0 Å². The lowest BCUT2D eigenvalue weighted by atomic mass is 9.88. The number of carbonyl (C=O) groups is 1. The third-order valence-corrected chi connectivity index (χ3v) is 2.25. The van der Waals surface area contributed by atoms with Crippen LogP contribution in [0.5, 0.6) is 0 Å². The van der Waals surface area contributed by atoms with Crippen LogP contribution in [0, 0.1) is 5.41 Å². The van der Waals surface area contributed by atoms with Gasteiger partial charge in [-0.05, 0) is 6.42 Å². The molecule has 0 unspecified atom stereocenters. The molecule has 78 valence electrons. The monoisotopic (exact) mass is 195 g/mol. The fourth-order valence-corrected chi connectivity index (χ4v) is 1.15. The zero-order valence-electron chi connectivity index (χ0n) is 9.24. The molecule has 4 heteroatoms. The summed E-state index contributed by atoms with van der Waals surface area (Å²) < 4.78 is 1.70. The maximum atomic E-state index is 11.6. The second-order valence-corrected chi connectivity index (χ2v) is 4.52. The summed E-state index contributed by atoms with van der Waals surface area (Å²) >= 11 is 0. The molecule has 0 saturated carbocycles. The van der Waals surface area contributed by atoms with Crippen molar-refractivity contribution in [2.24, 2.45) is 12.5 Å². The van der Waals surface area contributed by atoms with Gasteiger partial charge in [0.15, 0.2) is 0 Å². The van der Waals surface area contributed by atoms with E-state index < -0.39 is 0 Å². The average Bonchev–Trinajstić information content (AvgIpc) is 2.45. The van der Waals surface area contributed by atoms with Crippen LogP contribution >= 0.6 is 0 Å². The number of hydrogen-bond acceptors (Lipinski definition) is 3. The summed E-state index contributed by atoms with van der Waals surface area (Å²) in [6.07, 6.45) is 2.99. The zero-order valence-corrected chi connectivity index (χ0v) is 9.24. The smallest absolute Gasteiger partial charge is 0.138 e. The van der Waals surface area contributed by atoms with Crippen molar-refractivity contribution in [3.63, 3.8) is 0 Å². The topological polar surface area (TPSA) is 47.8 Å². The van der Waals surface area contributed by atoms with Gasteiger partial charge in [0.05, 0.1) is 11.9 Å². The molecule has 0 radical (unpaired) electrons. The lowest BCUT2D eigenvalue weighted by Crippen LogP contribution is -2.20. The van der Waals surface area contributed by atoms with Gasteiger partial charge in [0.25, 0.3) is 0 Å². The quantitative estimate of drug-likeness (QED) is 0.731. The van der Waals surface area contributed by atoms with E-state index in [1.54, 1.807) is 10.9 Å². The Balaban J connectivity index is 2.50. The first kappa shape index (κ1) is 10.9. The van der Waals surface area contributed by atoms with Crippen LogP contribution in [0.2, 0.25) is 0 Å². The van der Waals surface area contributed by atoms with Crippen LogP contribution in [-0.2, 0) is 18.3 Å². The Morgan fingerprint density at radius 1 is 1.50 bits per heavy atom. The number of rotatable bonds is 3. The predicted molar refractivity (Wildman–Crippen MR) is 53.8 cm³/mol. The average molecular weight is 195 g/mol. The molecule has 0 aliphatic rings. The lowest BCUT2D eigenvalue weighted by molar-refractivity contribution is -0.126. The third-order valence-electron chi connectivity index (χ3n) is 2.25. The van der Waals surface area contributed by atoms with E-state index in [9.17, 15) is 4.79 Å². The highest BCUT2D eigenvalue weighted by molar-refractivity contribution is 5.83. The molecule has 0 saturated heterocycles. The summed E-state index contributed by atoms with van der Waals surface area (Å²) in [4.78, 5) is 11.6. The van der Waals surface area contributed by atoms with Crippen LogP contribution in [-0.4, -0.2) is 20.8 Å². The van der Waals surface area contributed by atoms with Crippen LogP contribution in [0.1, 0.15) is 32.9 Å². The molecule has 1 aromatic heterocycles. The van der Waals surface area contributed by atoms with Crippen molar-refractivity contribution in [2.75, 3.05) is 0 Å². The van der Waals surface area contributed by atoms with Crippen LogP contribution in [0.4, 0.5) is 0 Å². The highest BCUT2D eigenvalue weighted by Crippen LogP contribution is 2.17. The molecule has 1 aromatic rings. The molecule has 0 aliphatic heterocycles. The summed E-state index contributed by atoms with van der Waals surface area (Å²) in [5.41, 5.74) is 0.758. The van der Waals surface area contributed by atoms with Gasteiger partial charge in [-0.1, -0.05) is 26.0 Å². The Bertz CT molecular complexity index is 322. The number of nitrogens with zero attached hydrogens (tertiary/aromatic N) is 3. The fourth-order valence-electron chi connectivity index (χ4n) is 1.15. The number of aromatic nitrogens is 3. The summed E-state index contributed by atoms with van der Waals surface area (Å²) in [5.74, 6) is 0.277. The lowest BCUT2D eigenvalue weighted by Gasteiger charge is -2.15. The SMILES string of the molecule is Cn1nncc1CCC(=O)C(C)(C)C. The Morgan fingerprint density at radius 2 is 2.14 bits per heavy atom. The van der Waals surface area contributed by atoms with Crippen molar-refractivity contribution in [3.8, 4) is 0 Å². The maximum absolute atomic E-state index is 11.6. The summed E-state index contributed by atoms with van der Waals surface area (Å²) in [6, 6.07) is 0. The zero-order chi connectivity index (χ0) is 10.8. The van der Waals surface area contributed by atoms with E-state index in [-0.39, 0.29) is 11.2 Å². The molecular formula is C10H17N3O. The molecule has 0 aliphatic carbocycles. The molecular weight excluding hydrogens is 178 g/mol. The minimum Gasteiger partial charge on any atom is -0.299 e. The maximum Gasteiger partial charge on any atom is 0.138 e. The molecule has 1 heterocycles. The molecule has 0 amide bonds. The Labute approximate surface area is 84.3 Å². The number of carbonyl (C=O) groups excluding carboxylic acids is 1. The van der Waals surface area contributed by atoms with Crippen molar-refractivity contribution in [2.45, 2.75) is 33.6 Å². The summed E-state index contributed by atoms with van der Waals surface area (Å²) in [6.45, 7) is 5.82. The van der Waals surface area contributed by atoms with E-state index >= 15 is 0 Å². The van der Waals surface area contributed by atoms with E-state index in [2.05, 4.69) is 10.3 Å². The van der Waals surface area contributed by atoms with Gasteiger partial charge in [0.2, 0.25) is 0 Å². The van der Waals surface area contributed by atoms with Crippen LogP contribution in [0.25, 0.3) is 0 Å². The summed E-state index contributed by atoms with van der Waals surface area (Å²) in [7, 11) is 1.84. The minimum atomic E-state index is -0.244. The highest BCUT2D eigenvalue weighted by Gasteiger charge is 2.20. The van der Waals surface area contributed by atoms with Crippen LogP contribution < -0.4 is 0 Å². The van der Waals surface area contributed by atoms with Crippen LogP contribution in [0.15, 0.2) is 6.20 Å². The van der Waals surface area contributed by atoms with Gasteiger partial charge >= 0.3 is 0 Å². The van der Waals surface area contributed by atoms with Gasteiger partial charge in [-0.15, -0.1) is 5.10 Å². The number of aryl methyl sites for hydroxylation is 2. The van der Waals surface area contributed by atoms with Gasteiger partial charge in [0.1, 0.15) is 5.78 Å². The fraction of sp³-hybridized carbons (Fsp3) is 0.700. The largest absolute Gasteiger partial charge is 0.299 e. The van der Waals surface area contributed by atoms with E-state index in [0.29, 0.717) is 6.42 Å². The number of hydrogen-bond donors (Lipinski definition) is 0. The first-order valence-corrected chi connectivity index (χ1v) is 4.78. The number of ketones is 1. The second-order valence-electron chi connectivity index (χ2n) is 4.52. The van der Waals surface area contributed by atoms with Crippen molar-refractivity contribution < 1.29 is 4.79 Å². The van der Waals surface area contributed by atoms with Crippen molar-refractivity contribution in [1.82, 2.24) is 15.0 Å². The Kier molecular flexibility index (Phi) is 3.03. The third kappa shape index (κ3) is 2.65. The van der Waals surface area contributed by atoms with Crippen LogP contribution in [0.3, 0.4) is 0 Å².